The van der Waals surface area contributed by atoms with Gasteiger partial charge >= 0.3 is 0 Å². The first-order valence-electron chi connectivity index (χ1n) is 7.92. The van der Waals surface area contributed by atoms with Crippen molar-refractivity contribution < 1.29 is 4.79 Å². The first kappa shape index (κ1) is 13.5. The minimum absolute atomic E-state index is 0.173. The third-order valence-electron chi connectivity index (χ3n) is 4.63. The van der Waals surface area contributed by atoms with E-state index in [2.05, 4.69) is 34.5 Å². The monoisotopic (exact) mass is 272 g/mol. The zero-order chi connectivity index (χ0) is 13.8. The molecule has 1 aliphatic carbocycles. The minimum atomic E-state index is 0.173. The molecule has 1 aliphatic heterocycles. The maximum absolute atomic E-state index is 12.1. The molecule has 0 saturated heterocycles. The predicted molar refractivity (Wildman–Crippen MR) is 81.9 cm³/mol. The summed E-state index contributed by atoms with van der Waals surface area (Å²) in [7, 11) is 0. The number of nitrogens with zero attached hydrogens (tertiary/aromatic N) is 1. The van der Waals surface area contributed by atoms with E-state index in [1.807, 2.05) is 0 Å². The van der Waals surface area contributed by atoms with Crippen molar-refractivity contribution in [1.82, 2.24) is 5.32 Å². The minimum Gasteiger partial charge on any atom is -0.362 e. The number of anilines is 1. The van der Waals surface area contributed by atoms with Crippen LogP contribution in [0.25, 0.3) is 0 Å². The van der Waals surface area contributed by atoms with Crippen LogP contribution < -0.4 is 10.2 Å². The Morgan fingerprint density at radius 1 is 1.20 bits per heavy atom. The molecule has 0 bridgehead atoms. The second-order valence-corrected chi connectivity index (χ2v) is 6.11. The number of carbonyl (C=O) groups excluding carboxylic acids is 1. The van der Waals surface area contributed by atoms with E-state index >= 15 is 0 Å². The molecule has 1 N–H and O–H groups in total. The summed E-state index contributed by atoms with van der Waals surface area (Å²) in [5, 5.41) is 3.13. The van der Waals surface area contributed by atoms with Crippen molar-refractivity contribution in [2.45, 2.75) is 38.5 Å². The van der Waals surface area contributed by atoms with Gasteiger partial charge in [-0.2, -0.15) is 0 Å². The fourth-order valence-electron chi connectivity index (χ4n) is 3.45. The van der Waals surface area contributed by atoms with Crippen molar-refractivity contribution in [2.24, 2.45) is 5.92 Å². The Bertz CT molecular complexity index is 466. The molecule has 0 unspecified atom stereocenters. The number of nitrogens with one attached hydrogen (secondary N) is 1. The summed E-state index contributed by atoms with van der Waals surface area (Å²) in [4.78, 5) is 14.3. The van der Waals surface area contributed by atoms with Crippen molar-refractivity contribution in [2.75, 3.05) is 24.5 Å². The van der Waals surface area contributed by atoms with Crippen LogP contribution in [0.1, 0.15) is 37.7 Å². The molecule has 3 rings (SSSR count). The van der Waals surface area contributed by atoms with Crippen LogP contribution in [0.3, 0.4) is 0 Å². The number of benzene rings is 1. The highest BCUT2D eigenvalue weighted by Crippen LogP contribution is 2.27. The molecule has 1 saturated carbocycles. The number of para-hydroxylation sites is 1. The van der Waals surface area contributed by atoms with Gasteiger partial charge in [0.2, 0.25) is 5.91 Å². The SMILES string of the molecule is O=C(CN1CCc2ccccc21)NCC1CCCCC1. The number of amides is 1. The number of carbonyl (C=O) groups is 1. The van der Waals surface area contributed by atoms with Crippen molar-refractivity contribution in [3.8, 4) is 0 Å². The maximum atomic E-state index is 12.1. The summed E-state index contributed by atoms with van der Waals surface area (Å²) in [5.74, 6) is 0.880. The van der Waals surface area contributed by atoms with Crippen LogP contribution in [0.4, 0.5) is 5.69 Å². The summed E-state index contributed by atoms with van der Waals surface area (Å²) in [6.07, 6.45) is 7.67. The van der Waals surface area contributed by atoms with Gasteiger partial charge in [0.1, 0.15) is 0 Å². The van der Waals surface area contributed by atoms with Gasteiger partial charge < -0.3 is 10.2 Å². The Morgan fingerprint density at radius 3 is 2.85 bits per heavy atom. The van der Waals surface area contributed by atoms with Crippen LogP contribution in [0.2, 0.25) is 0 Å². The molecule has 108 valence electrons. The quantitative estimate of drug-likeness (QED) is 0.914. The number of fused-ring (bicyclic) bond motifs is 1. The summed E-state index contributed by atoms with van der Waals surface area (Å²) in [5.41, 5.74) is 2.60. The summed E-state index contributed by atoms with van der Waals surface area (Å²) in [6, 6.07) is 8.41. The first-order chi connectivity index (χ1) is 9.83. The molecule has 2 aliphatic rings. The van der Waals surface area contributed by atoms with Crippen LogP contribution in [0.15, 0.2) is 24.3 Å². The van der Waals surface area contributed by atoms with E-state index in [4.69, 9.17) is 0 Å². The van der Waals surface area contributed by atoms with Gasteiger partial charge in [-0.15, -0.1) is 0 Å². The van der Waals surface area contributed by atoms with Crippen molar-refractivity contribution in [3.05, 3.63) is 29.8 Å². The Balaban J connectivity index is 1.47. The van der Waals surface area contributed by atoms with Gasteiger partial charge in [-0.3, -0.25) is 4.79 Å². The van der Waals surface area contributed by atoms with E-state index in [0.717, 1.165) is 19.5 Å². The second kappa shape index (κ2) is 6.29. The summed E-state index contributed by atoms with van der Waals surface area (Å²) < 4.78 is 0. The van der Waals surface area contributed by atoms with E-state index < -0.39 is 0 Å². The van der Waals surface area contributed by atoms with E-state index in [9.17, 15) is 4.79 Å². The van der Waals surface area contributed by atoms with Crippen LogP contribution in [-0.2, 0) is 11.2 Å². The highest BCUT2D eigenvalue weighted by atomic mass is 16.2. The Hall–Kier alpha value is -1.51. The molecule has 0 atom stereocenters. The van der Waals surface area contributed by atoms with E-state index in [1.165, 1.54) is 43.4 Å². The molecule has 0 spiro atoms. The van der Waals surface area contributed by atoms with Gasteiger partial charge in [0.15, 0.2) is 0 Å². The fraction of sp³-hybridized carbons (Fsp3) is 0.588. The second-order valence-electron chi connectivity index (χ2n) is 6.11. The van der Waals surface area contributed by atoms with Crippen molar-refractivity contribution >= 4 is 11.6 Å². The van der Waals surface area contributed by atoms with Crippen LogP contribution in [0, 0.1) is 5.92 Å². The zero-order valence-corrected chi connectivity index (χ0v) is 12.1. The lowest BCUT2D eigenvalue weighted by molar-refractivity contribution is -0.120. The third kappa shape index (κ3) is 3.14. The molecule has 1 aromatic carbocycles. The molecule has 1 heterocycles. The number of rotatable bonds is 4. The standard InChI is InChI=1S/C17H24N2O/c20-17(18-12-14-6-2-1-3-7-14)13-19-11-10-15-8-4-5-9-16(15)19/h4-5,8-9,14H,1-3,6-7,10-13H2,(H,18,20). The molecule has 20 heavy (non-hydrogen) atoms. The third-order valence-corrected chi connectivity index (χ3v) is 4.63. The number of hydrogen-bond acceptors (Lipinski definition) is 2. The first-order valence-corrected chi connectivity index (χ1v) is 7.92. The molecule has 0 radical (unpaired) electrons. The van der Waals surface area contributed by atoms with Gasteiger partial charge in [-0.25, -0.2) is 0 Å². The van der Waals surface area contributed by atoms with Crippen LogP contribution in [-0.4, -0.2) is 25.5 Å². The van der Waals surface area contributed by atoms with E-state index in [1.54, 1.807) is 0 Å². The molecule has 0 aromatic heterocycles. The van der Waals surface area contributed by atoms with Crippen LogP contribution in [0.5, 0.6) is 0 Å². The van der Waals surface area contributed by atoms with Gasteiger partial charge in [0.05, 0.1) is 6.54 Å². The average molecular weight is 272 g/mol. The smallest absolute Gasteiger partial charge is 0.239 e. The highest BCUT2D eigenvalue weighted by Gasteiger charge is 2.21. The Morgan fingerprint density at radius 2 is 2.00 bits per heavy atom. The molecule has 1 aromatic rings. The summed E-state index contributed by atoms with van der Waals surface area (Å²) in [6.45, 7) is 2.34. The molecule has 1 amide bonds. The van der Waals surface area contributed by atoms with Gasteiger partial charge in [-0.1, -0.05) is 37.5 Å². The molecule has 3 heteroatoms. The molecule has 3 nitrogen and oxygen atoms in total. The Labute approximate surface area is 121 Å². The van der Waals surface area contributed by atoms with Gasteiger partial charge in [-0.05, 0) is 36.8 Å². The Kier molecular flexibility index (Phi) is 4.24. The van der Waals surface area contributed by atoms with Gasteiger partial charge in [0, 0.05) is 18.8 Å². The van der Waals surface area contributed by atoms with E-state index in [-0.39, 0.29) is 5.91 Å². The highest BCUT2D eigenvalue weighted by molar-refractivity contribution is 5.82. The molecule has 1 fully saturated rings. The van der Waals surface area contributed by atoms with E-state index in [0.29, 0.717) is 12.5 Å². The fourth-order valence-corrected chi connectivity index (χ4v) is 3.45. The normalized spacial score (nSPS) is 18.9. The van der Waals surface area contributed by atoms with Crippen LogP contribution >= 0.6 is 0 Å². The topological polar surface area (TPSA) is 32.3 Å². The molecular weight excluding hydrogens is 248 g/mol. The number of hydrogen-bond donors (Lipinski definition) is 1. The lowest BCUT2D eigenvalue weighted by Crippen LogP contribution is -2.38. The van der Waals surface area contributed by atoms with Crippen molar-refractivity contribution in [1.29, 1.82) is 0 Å². The average Bonchev–Trinajstić information content (AvgIpc) is 2.90. The zero-order valence-electron chi connectivity index (χ0n) is 12.1. The predicted octanol–water partition coefficient (Wildman–Crippen LogP) is 2.75. The largest absolute Gasteiger partial charge is 0.362 e. The lowest BCUT2D eigenvalue weighted by Gasteiger charge is -2.23. The molecular formula is C17H24N2O. The van der Waals surface area contributed by atoms with Crippen molar-refractivity contribution in [3.63, 3.8) is 0 Å². The maximum Gasteiger partial charge on any atom is 0.239 e. The lowest BCUT2D eigenvalue weighted by atomic mass is 9.89. The summed E-state index contributed by atoms with van der Waals surface area (Å²) >= 11 is 0. The van der Waals surface area contributed by atoms with Gasteiger partial charge in [0.25, 0.3) is 0 Å².